The molecule has 0 aliphatic heterocycles. The fourth-order valence-electron chi connectivity index (χ4n) is 1.40. The van der Waals surface area contributed by atoms with Crippen molar-refractivity contribution >= 4 is 27.8 Å². The van der Waals surface area contributed by atoms with Gasteiger partial charge < -0.3 is 15.7 Å². The van der Waals surface area contributed by atoms with Crippen molar-refractivity contribution < 1.29 is 14.7 Å². The first-order valence-corrected chi connectivity index (χ1v) is 6.19. The third-order valence-corrected chi connectivity index (χ3v) is 3.09. The highest BCUT2D eigenvalue weighted by molar-refractivity contribution is 9.10. The summed E-state index contributed by atoms with van der Waals surface area (Å²) in [6.45, 7) is 0.432. The zero-order valence-electron chi connectivity index (χ0n) is 9.97. The van der Waals surface area contributed by atoms with Crippen LogP contribution in [0.4, 0.5) is 0 Å². The molecule has 0 aromatic heterocycles. The third kappa shape index (κ3) is 4.12. The fraction of sp³-hybridized carbons (Fsp3) is 0.333. The van der Waals surface area contributed by atoms with Crippen LogP contribution in [0.25, 0.3) is 0 Å². The molecule has 0 fully saturated rings. The van der Waals surface area contributed by atoms with Crippen LogP contribution in [-0.4, -0.2) is 41.5 Å². The van der Waals surface area contributed by atoms with Crippen molar-refractivity contribution in [3.05, 3.63) is 34.3 Å². The van der Waals surface area contributed by atoms with Gasteiger partial charge >= 0.3 is 5.97 Å². The van der Waals surface area contributed by atoms with Crippen molar-refractivity contribution in [2.45, 2.75) is 12.5 Å². The number of benzene rings is 1. The van der Waals surface area contributed by atoms with E-state index in [-0.39, 0.29) is 0 Å². The second-order valence-corrected chi connectivity index (χ2v) is 4.87. The van der Waals surface area contributed by atoms with Crippen LogP contribution in [-0.2, 0) is 16.0 Å². The van der Waals surface area contributed by atoms with E-state index in [2.05, 4.69) is 15.9 Å². The Labute approximate surface area is 114 Å². The average Bonchev–Trinajstić information content (AvgIpc) is 2.35. The minimum Gasteiger partial charge on any atom is -0.480 e. The third-order valence-electron chi connectivity index (χ3n) is 2.56. The molecule has 0 saturated carbocycles. The first kappa shape index (κ1) is 14.7. The molecule has 1 aromatic carbocycles. The summed E-state index contributed by atoms with van der Waals surface area (Å²) in [6.07, 6.45) is 0.655. The van der Waals surface area contributed by atoms with E-state index in [1.165, 1.54) is 4.90 Å². The van der Waals surface area contributed by atoms with Crippen molar-refractivity contribution in [1.82, 2.24) is 4.90 Å². The molecule has 0 aliphatic carbocycles. The lowest BCUT2D eigenvalue weighted by molar-refractivity contribution is -0.145. The van der Waals surface area contributed by atoms with Gasteiger partial charge in [0.25, 0.3) is 5.91 Å². The molecule has 1 atom stereocenters. The van der Waals surface area contributed by atoms with E-state index in [9.17, 15) is 9.59 Å². The summed E-state index contributed by atoms with van der Waals surface area (Å²) in [7, 11) is 1.55. The van der Waals surface area contributed by atoms with E-state index < -0.39 is 17.9 Å². The molecule has 1 rings (SSSR count). The predicted octanol–water partition coefficient (Wildman–Crippen LogP) is 0.862. The Balaban J connectivity index is 2.50. The quantitative estimate of drug-likeness (QED) is 0.790. The number of hydrogen-bond donors (Lipinski definition) is 2. The van der Waals surface area contributed by atoms with Crippen LogP contribution in [0.2, 0.25) is 0 Å². The van der Waals surface area contributed by atoms with E-state index in [4.69, 9.17) is 10.8 Å². The number of nitrogens with zero attached hydrogens (tertiary/aromatic N) is 1. The monoisotopic (exact) mass is 314 g/mol. The summed E-state index contributed by atoms with van der Waals surface area (Å²) in [5, 5.41) is 8.64. The number of hydrogen-bond acceptors (Lipinski definition) is 3. The number of amides is 1. The Kier molecular flexibility index (Phi) is 5.30. The van der Waals surface area contributed by atoms with Crippen LogP contribution in [0.5, 0.6) is 0 Å². The summed E-state index contributed by atoms with van der Waals surface area (Å²) in [5.41, 5.74) is 6.32. The molecule has 1 unspecified atom stereocenters. The molecule has 0 spiro atoms. The molecule has 6 heteroatoms. The largest absolute Gasteiger partial charge is 0.480 e. The second-order valence-electron chi connectivity index (χ2n) is 3.95. The zero-order chi connectivity index (χ0) is 13.7. The number of carboxylic acid groups (broad SMARTS) is 1. The number of halogens is 1. The number of carbonyl (C=O) groups is 2. The Bertz CT molecular complexity index is 433. The van der Waals surface area contributed by atoms with Crippen molar-refractivity contribution in [2.24, 2.45) is 5.73 Å². The summed E-state index contributed by atoms with van der Waals surface area (Å²) in [6, 6.07) is 6.24. The van der Waals surface area contributed by atoms with Gasteiger partial charge in [0.2, 0.25) is 0 Å². The van der Waals surface area contributed by atoms with E-state index in [1.807, 2.05) is 24.3 Å². The number of carboxylic acids is 1. The molecule has 5 nitrogen and oxygen atoms in total. The van der Waals surface area contributed by atoms with E-state index in [1.54, 1.807) is 7.05 Å². The molecule has 0 radical (unpaired) electrons. The van der Waals surface area contributed by atoms with E-state index >= 15 is 0 Å². The minimum atomic E-state index is -1.49. The van der Waals surface area contributed by atoms with Crippen LogP contribution < -0.4 is 5.73 Å². The number of nitrogens with two attached hydrogens (primary N) is 1. The molecule has 18 heavy (non-hydrogen) atoms. The Hall–Kier alpha value is -1.40. The van der Waals surface area contributed by atoms with Gasteiger partial charge in [0.1, 0.15) is 0 Å². The van der Waals surface area contributed by atoms with Crippen LogP contribution in [0.1, 0.15) is 5.56 Å². The van der Waals surface area contributed by atoms with Crippen molar-refractivity contribution in [1.29, 1.82) is 0 Å². The smallest absolute Gasteiger partial charge is 0.330 e. The van der Waals surface area contributed by atoms with Gasteiger partial charge in [-0.2, -0.15) is 0 Å². The predicted molar refractivity (Wildman–Crippen MR) is 71.1 cm³/mol. The van der Waals surface area contributed by atoms with Crippen LogP contribution >= 0.6 is 15.9 Å². The molecule has 3 N–H and O–H groups in total. The topological polar surface area (TPSA) is 83.6 Å². The Morgan fingerprint density at radius 2 is 1.94 bits per heavy atom. The van der Waals surface area contributed by atoms with E-state index in [0.29, 0.717) is 13.0 Å². The lowest BCUT2D eigenvalue weighted by Crippen LogP contribution is -2.47. The maximum absolute atomic E-state index is 11.6. The zero-order valence-corrected chi connectivity index (χ0v) is 11.6. The van der Waals surface area contributed by atoms with Crippen LogP contribution in [0, 0.1) is 0 Å². The maximum atomic E-state index is 11.6. The number of rotatable bonds is 5. The maximum Gasteiger partial charge on any atom is 0.330 e. The Morgan fingerprint density at radius 1 is 1.39 bits per heavy atom. The lowest BCUT2D eigenvalue weighted by Gasteiger charge is -2.19. The van der Waals surface area contributed by atoms with Gasteiger partial charge in [0.15, 0.2) is 6.04 Å². The number of carbonyl (C=O) groups excluding carboxylic acids is 1. The van der Waals surface area contributed by atoms with Crippen molar-refractivity contribution in [3.8, 4) is 0 Å². The van der Waals surface area contributed by atoms with E-state index in [0.717, 1.165) is 10.0 Å². The number of likely N-dealkylation sites (N-methyl/N-ethyl adjacent to an activating group) is 1. The molecule has 98 valence electrons. The van der Waals surface area contributed by atoms with Gasteiger partial charge in [-0.3, -0.25) is 4.79 Å². The van der Waals surface area contributed by atoms with Gasteiger partial charge in [-0.25, -0.2) is 4.79 Å². The summed E-state index contributed by atoms with van der Waals surface area (Å²) < 4.78 is 0.989. The summed E-state index contributed by atoms with van der Waals surface area (Å²) in [5.74, 6) is -1.89. The average molecular weight is 315 g/mol. The van der Waals surface area contributed by atoms with Crippen molar-refractivity contribution in [2.75, 3.05) is 13.6 Å². The van der Waals surface area contributed by atoms with Gasteiger partial charge in [-0.15, -0.1) is 0 Å². The molecular weight excluding hydrogens is 300 g/mol. The normalized spacial score (nSPS) is 11.9. The molecule has 0 heterocycles. The van der Waals surface area contributed by atoms with Crippen molar-refractivity contribution in [3.63, 3.8) is 0 Å². The molecule has 1 aromatic rings. The van der Waals surface area contributed by atoms with Gasteiger partial charge in [-0.05, 0) is 24.1 Å². The summed E-state index contributed by atoms with van der Waals surface area (Å²) >= 11 is 3.34. The van der Waals surface area contributed by atoms with Crippen LogP contribution in [0.15, 0.2) is 28.7 Å². The number of aliphatic carboxylic acids is 1. The Morgan fingerprint density at radius 3 is 2.44 bits per heavy atom. The highest BCUT2D eigenvalue weighted by Gasteiger charge is 2.24. The molecular formula is C12H15BrN2O3. The van der Waals surface area contributed by atoms with Crippen LogP contribution in [0.3, 0.4) is 0 Å². The molecule has 0 bridgehead atoms. The summed E-state index contributed by atoms with van der Waals surface area (Å²) in [4.78, 5) is 23.5. The second kappa shape index (κ2) is 6.51. The van der Waals surface area contributed by atoms with Gasteiger partial charge in [-0.1, -0.05) is 28.1 Å². The first-order valence-electron chi connectivity index (χ1n) is 5.39. The highest BCUT2D eigenvalue weighted by Crippen LogP contribution is 2.11. The minimum absolute atomic E-state index is 0.432. The fourth-order valence-corrected chi connectivity index (χ4v) is 1.67. The molecule has 1 amide bonds. The molecule has 0 saturated heterocycles. The standard InChI is InChI=1S/C12H15BrN2O3/c1-15(11(16)10(14)12(17)18)7-6-8-2-4-9(13)5-3-8/h2-5,10H,6-7,14H2,1H3,(H,17,18). The highest BCUT2D eigenvalue weighted by atomic mass is 79.9. The SMILES string of the molecule is CN(CCc1ccc(Br)cc1)C(=O)C(N)C(=O)O. The molecule has 0 aliphatic rings. The first-order chi connectivity index (χ1) is 8.41. The van der Waals surface area contributed by atoms with Gasteiger partial charge in [0.05, 0.1) is 0 Å². The van der Waals surface area contributed by atoms with Gasteiger partial charge in [0, 0.05) is 18.1 Å². The lowest BCUT2D eigenvalue weighted by atomic mass is 10.1.